The van der Waals surface area contributed by atoms with Crippen molar-refractivity contribution < 1.29 is 18.7 Å². The second-order valence-corrected chi connectivity index (χ2v) is 7.04. The van der Waals surface area contributed by atoms with Gasteiger partial charge in [0.2, 0.25) is 5.43 Å². The minimum atomic E-state index is -0.445. The van der Waals surface area contributed by atoms with Crippen molar-refractivity contribution in [2.24, 2.45) is 0 Å². The van der Waals surface area contributed by atoms with Crippen LogP contribution in [-0.2, 0) is 0 Å². The second kappa shape index (κ2) is 7.32. The van der Waals surface area contributed by atoms with Crippen LogP contribution in [0, 0.1) is 6.92 Å². The molecule has 5 nitrogen and oxygen atoms in total. The summed E-state index contributed by atoms with van der Waals surface area (Å²) in [5.74, 6) is 0.931. The predicted molar refractivity (Wildman–Crippen MR) is 108 cm³/mol. The molecule has 0 amide bonds. The third kappa shape index (κ3) is 3.18. The Morgan fingerprint density at radius 1 is 1.07 bits per heavy atom. The Morgan fingerprint density at radius 3 is 2.64 bits per heavy atom. The Morgan fingerprint density at radius 2 is 1.89 bits per heavy atom. The molecule has 4 aromatic rings. The molecular weight excluding hydrogens is 376 g/mol. The van der Waals surface area contributed by atoms with Crippen LogP contribution < -0.4 is 14.9 Å². The summed E-state index contributed by atoms with van der Waals surface area (Å²) < 4.78 is 16.7. The lowest BCUT2D eigenvalue weighted by molar-refractivity contribution is 0.0740. The van der Waals surface area contributed by atoms with E-state index in [0.29, 0.717) is 44.2 Å². The van der Waals surface area contributed by atoms with Crippen LogP contribution in [0.1, 0.15) is 15.4 Å². The van der Waals surface area contributed by atoms with Gasteiger partial charge < -0.3 is 13.9 Å². The number of carbonyl (C=O) groups excluding carboxylic acids is 1. The van der Waals surface area contributed by atoms with Gasteiger partial charge in [-0.2, -0.15) is 0 Å². The zero-order valence-corrected chi connectivity index (χ0v) is 16.0. The summed E-state index contributed by atoms with van der Waals surface area (Å²) in [4.78, 5) is 25.8. The molecule has 0 aliphatic rings. The summed E-state index contributed by atoms with van der Waals surface area (Å²) in [6.45, 7) is 1.73. The molecule has 0 fully saturated rings. The maximum Gasteiger partial charge on any atom is 0.353 e. The Bertz CT molecular complexity index is 1220. The van der Waals surface area contributed by atoms with Crippen LogP contribution in [0.3, 0.4) is 0 Å². The van der Waals surface area contributed by atoms with E-state index in [0.717, 1.165) is 0 Å². The Balaban J connectivity index is 1.78. The van der Waals surface area contributed by atoms with Crippen LogP contribution in [0.25, 0.3) is 22.1 Å². The molecule has 4 rings (SSSR count). The molecule has 2 aromatic carbocycles. The van der Waals surface area contributed by atoms with Gasteiger partial charge in [0.05, 0.1) is 18.1 Å². The van der Waals surface area contributed by atoms with Crippen LogP contribution in [0.4, 0.5) is 0 Å². The first-order valence-electron chi connectivity index (χ1n) is 8.55. The summed E-state index contributed by atoms with van der Waals surface area (Å²) >= 11 is 1.30. The van der Waals surface area contributed by atoms with Gasteiger partial charge >= 0.3 is 5.97 Å². The highest BCUT2D eigenvalue weighted by atomic mass is 32.1. The molecule has 2 heterocycles. The summed E-state index contributed by atoms with van der Waals surface area (Å²) in [5.41, 5.74) is 1.32. The van der Waals surface area contributed by atoms with Gasteiger partial charge in [0.25, 0.3) is 0 Å². The van der Waals surface area contributed by atoms with Crippen molar-refractivity contribution in [2.45, 2.75) is 6.92 Å². The molecule has 0 bridgehead atoms. The van der Waals surface area contributed by atoms with Crippen molar-refractivity contribution in [3.05, 3.63) is 80.8 Å². The summed E-state index contributed by atoms with van der Waals surface area (Å²) in [5, 5.41) is 2.21. The summed E-state index contributed by atoms with van der Waals surface area (Å²) in [6, 6.07) is 15.5. The fraction of sp³-hybridized carbons (Fsp3) is 0.0909. The topological polar surface area (TPSA) is 65.7 Å². The van der Waals surface area contributed by atoms with Crippen LogP contribution >= 0.6 is 11.3 Å². The van der Waals surface area contributed by atoms with Crippen molar-refractivity contribution in [3.63, 3.8) is 0 Å². The van der Waals surface area contributed by atoms with Crippen molar-refractivity contribution in [3.8, 4) is 22.6 Å². The van der Waals surface area contributed by atoms with E-state index in [1.165, 1.54) is 11.3 Å². The molecular formula is C22H16O5S. The molecule has 2 aromatic heterocycles. The van der Waals surface area contributed by atoms with E-state index in [2.05, 4.69) is 0 Å². The average Bonchev–Trinajstić information content (AvgIpc) is 3.23. The van der Waals surface area contributed by atoms with E-state index in [1.807, 2.05) is 18.2 Å². The van der Waals surface area contributed by atoms with Gasteiger partial charge in [0.1, 0.15) is 27.7 Å². The molecule has 0 aliphatic carbocycles. The van der Waals surface area contributed by atoms with Gasteiger partial charge in [-0.25, -0.2) is 4.79 Å². The lowest BCUT2D eigenvalue weighted by atomic mass is 10.0. The first-order valence-corrected chi connectivity index (χ1v) is 9.43. The third-order valence-electron chi connectivity index (χ3n) is 4.35. The van der Waals surface area contributed by atoms with Gasteiger partial charge in [0.15, 0.2) is 0 Å². The predicted octanol–water partition coefficient (Wildman–Crippen LogP) is 5.06. The molecule has 0 aliphatic heterocycles. The quantitative estimate of drug-likeness (QED) is 0.359. The number of rotatable bonds is 4. The van der Waals surface area contributed by atoms with Crippen LogP contribution in [0.5, 0.6) is 11.5 Å². The highest BCUT2D eigenvalue weighted by Gasteiger charge is 2.18. The minimum absolute atomic E-state index is 0.167. The molecule has 6 heteroatoms. The number of aryl methyl sites for hydroxylation is 1. The number of methoxy groups -OCH3 is 1. The van der Waals surface area contributed by atoms with Gasteiger partial charge in [-0.3, -0.25) is 4.79 Å². The van der Waals surface area contributed by atoms with E-state index >= 15 is 0 Å². The summed E-state index contributed by atoms with van der Waals surface area (Å²) in [7, 11) is 1.56. The number of thiophene rings is 1. The van der Waals surface area contributed by atoms with E-state index in [4.69, 9.17) is 13.9 Å². The second-order valence-electron chi connectivity index (χ2n) is 6.09. The van der Waals surface area contributed by atoms with E-state index in [1.54, 1.807) is 55.8 Å². The minimum Gasteiger partial charge on any atom is -0.496 e. The smallest absolute Gasteiger partial charge is 0.353 e. The molecule has 28 heavy (non-hydrogen) atoms. The zero-order valence-electron chi connectivity index (χ0n) is 15.2. The monoisotopic (exact) mass is 392 g/mol. The standard InChI is InChI=1S/C22H16O5S/c1-13-20(15-6-3-4-7-17(15)25-2)21(23)16-10-9-14(12-18(16)26-13)27-22(24)19-8-5-11-28-19/h3-12H,1-2H3. The van der Waals surface area contributed by atoms with Crippen LogP contribution in [0.15, 0.2) is 69.2 Å². The Labute approximate surface area is 164 Å². The number of benzene rings is 2. The molecule has 0 saturated carbocycles. The van der Waals surface area contributed by atoms with Gasteiger partial charge in [0, 0.05) is 11.6 Å². The number of fused-ring (bicyclic) bond motifs is 1. The largest absolute Gasteiger partial charge is 0.496 e. The molecule has 140 valence electrons. The maximum atomic E-state index is 13.1. The van der Waals surface area contributed by atoms with Crippen molar-refractivity contribution in [1.29, 1.82) is 0 Å². The average molecular weight is 392 g/mol. The molecule has 0 saturated heterocycles. The normalized spacial score (nSPS) is 10.8. The zero-order chi connectivity index (χ0) is 19.7. The van der Waals surface area contributed by atoms with E-state index < -0.39 is 5.97 Å². The lowest BCUT2D eigenvalue weighted by Crippen LogP contribution is -2.09. The number of hydrogen-bond donors (Lipinski definition) is 0. The van der Waals surface area contributed by atoms with E-state index in [-0.39, 0.29) is 5.43 Å². The SMILES string of the molecule is COc1ccccc1-c1c(C)oc2cc(OC(=O)c3cccs3)ccc2c1=O. The Kier molecular flexibility index (Phi) is 4.71. The van der Waals surface area contributed by atoms with Crippen molar-refractivity contribution >= 4 is 28.3 Å². The van der Waals surface area contributed by atoms with Gasteiger partial charge in [-0.05, 0) is 36.6 Å². The third-order valence-corrected chi connectivity index (χ3v) is 5.20. The maximum absolute atomic E-state index is 13.1. The molecule has 0 atom stereocenters. The summed E-state index contributed by atoms with van der Waals surface area (Å²) in [6.07, 6.45) is 0. The highest BCUT2D eigenvalue weighted by Crippen LogP contribution is 2.32. The van der Waals surface area contributed by atoms with Crippen molar-refractivity contribution in [1.82, 2.24) is 0 Å². The Hall–Kier alpha value is -3.38. The van der Waals surface area contributed by atoms with Crippen molar-refractivity contribution in [2.75, 3.05) is 7.11 Å². The van der Waals surface area contributed by atoms with Gasteiger partial charge in [-0.1, -0.05) is 24.3 Å². The fourth-order valence-electron chi connectivity index (χ4n) is 3.06. The number of hydrogen-bond acceptors (Lipinski definition) is 6. The fourth-order valence-corrected chi connectivity index (χ4v) is 3.66. The highest BCUT2D eigenvalue weighted by molar-refractivity contribution is 7.12. The number of esters is 1. The number of ether oxygens (including phenoxy) is 2. The number of para-hydroxylation sites is 1. The molecule has 0 radical (unpaired) electrons. The van der Waals surface area contributed by atoms with Crippen LogP contribution in [-0.4, -0.2) is 13.1 Å². The lowest BCUT2D eigenvalue weighted by Gasteiger charge is -2.11. The van der Waals surface area contributed by atoms with Crippen LogP contribution in [0.2, 0.25) is 0 Å². The van der Waals surface area contributed by atoms with E-state index in [9.17, 15) is 9.59 Å². The molecule has 0 unspecified atom stereocenters. The van der Waals surface area contributed by atoms with Gasteiger partial charge in [-0.15, -0.1) is 11.3 Å². The number of carbonyl (C=O) groups is 1. The molecule has 0 N–H and O–H groups in total. The first-order chi connectivity index (χ1) is 13.6. The first kappa shape index (κ1) is 18.0. The molecule has 0 spiro atoms.